The van der Waals surface area contributed by atoms with Crippen LogP contribution in [0.4, 0.5) is 4.79 Å². The van der Waals surface area contributed by atoms with E-state index in [9.17, 15) is 4.79 Å². The van der Waals surface area contributed by atoms with Crippen molar-refractivity contribution in [2.45, 2.75) is 19.8 Å². The molecule has 2 aromatic carbocycles. The summed E-state index contributed by atoms with van der Waals surface area (Å²) in [4.78, 5) is 11.8. The van der Waals surface area contributed by atoms with Gasteiger partial charge in [0.25, 0.3) is 0 Å². The largest absolute Gasteiger partial charge is 0.516 e. The molecule has 3 aromatic rings. The molecule has 0 fully saturated rings. The van der Waals surface area contributed by atoms with Gasteiger partial charge in [0.15, 0.2) is 0 Å². The van der Waals surface area contributed by atoms with Crippen LogP contribution in [0.2, 0.25) is 0 Å². The van der Waals surface area contributed by atoms with Crippen LogP contribution >= 0.6 is 0 Å². The third-order valence-electron chi connectivity index (χ3n) is 3.52. The molecule has 0 aliphatic heterocycles. The van der Waals surface area contributed by atoms with Crippen LogP contribution in [0.15, 0.2) is 59.0 Å². The lowest BCUT2D eigenvalue weighted by atomic mass is 10.0. The van der Waals surface area contributed by atoms with Gasteiger partial charge in [0.05, 0.1) is 12.2 Å². The SMILES string of the molecule is CCCCOC(=O)Oc1oc2ccccc2c1-c1ccccc1. The van der Waals surface area contributed by atoms with Crippen LogP contribution < -0.4 is 4.74 Å². The van der Waals surface area contributed by atoms with Crippen molar-refractivity contribution in [1.82, 2.24) is 0 Å². The molecule has 0 radical (unpaired) electrons. The number of fused-ring (bicyclic) bond motifs is 1. The average Bonchev–Trinajstić information content (AvgIpc) is 2.93. The molecule has 0 N–H and O–H groups in total. The fourth-order valence-electron chi connectivity index (χ4n) is 2.38. The maximum Gasteiger partial charge on any atom is 0.516 e. The number of para-hydroxylation sites is 1. The second kappa shape index (κ2) is 7.01. The van der Waals surface area contributed by atoms with Crippen molar-refractivity contribution in [3.05, 3.63) is 54.6 Å². The van der Waals surface area contributed by atoms with Crippen molar-refractivity contribution in [2.24, 2.45) is 0 Å². The first-order valence-electron chi connectivity index (χ1n) is 7.71. The Bertz CT molecular complexity index is 789. The third kappa shape index (κ3) is 3.37. The minimum absolute atomic E-state index is 0.166. The number of rotatable bonds is 5. The second-order valence-corrected chi connectivity index (χ2v) is 5.18. The van der Waals surface area contributed by atoms with Crippen LogP contribution in [-0.4, -0.2) is 12.8 Å². The summed E-state index contributed by atoms with van der Waals surface area (Å²) in [5.74, 6) is 0.166. The van der Waals surface area contributed by atoms with E-state index in [2.05, 4.69) is 0 Å². The summed E-state index contributed by atoms with van der Waals surface area (Å²) < 4.78 is 16.1. The minimum Gasteiger partial charge on any atom is -0.434 e. The molecule has 3 rings (SSSR count). The summed E-state index contributed by atoms with van der Waals surface area (Å²) in [6, 6.07) is 17.3. The van der Waals surface area contributed by atoms with E-state index in [-0.39, 0.29) is 5.95 Å². The van der Waals surface area contributed by atoms with Gasteiger partial charge < -0.3 is 13.9 Å². The summed E-state index contributed by atoms with van der Waals surface area (Å²) in [6.07, 6.45) is 1.02. The Morgan fingerprint density at radius 2 is 1.78 bits per heavy atom. The van der Waals surface area contributed by atoms with Gasteiger partial charge >= 0.3 is 12.1 Å². The highest BCUT2D eigenvalue weighted by molar-refractivity contribution is 5.97. The Kier molecular flexibility index (Phi) is 4.62. The Morgan fingerprint density at radius 1 is 1.04 bits per heavy atom. The molecule has 0 unspecified atom stereocenters. The van der Waals surface area contributed by atoms with E-state index in [0.29, 0.717) is 12.2 Å². The first-order valence-corrected chi connectivity index (χ1v) is 7.71. The molecule has 0 amide bonds. The zero-order valence-corrected chi connectivity index (χ0v) is 13.0. The maximum absolute atomic E-state index is 11.8. The van der Waals surface area contributed by atoms with Gasteiger partial charge in [0.2, 0.25) is 0 Å². The average molecular weight is 310 g/mol. The van der Waals surface area contributed by atoms with Crippen LogP contribution in [0, 0.1) is 0 Å². The molecular weight excluding hydrogens is 292 g/mol. The number of furan rings is 1. The lowest BCUT2D eigenvalue weighted by Gasteiger charge is -2.05. The van der Waals surface area contributed by atoms with E-state index in [1.54, 1.807) is 0 Å². The van der Waals surface area contributed by atoms with Crippen molar-refractivity contribution in [2.75, 3.05) is 6.61 Å². The Hall–Kier alpha value is -2.75. The van der Waals surface area contributed by atoms with Crippen LogP contribution in [0.25, 0.3) is 22.1 Å². The standard InChI is InChI=1S/C19H18O4/c1-2-3-13-21-19(20)23-18-17(14-9-5-4-6-10-14)15-11-7-8-12-16(15)22-18/h4-12H,2-3,13H2,1H3. The van der Waals surface area contributed by atoms with Crippen LogP contribution in [0.1, 0.15) is 19.8 Å². The quantitative estimate of drug-likeness (QED) is 0.466. The molecule has 4 nitrogen and oxygen atoms in total. The molecule has 0 bridgehead atoms. The molecule has 23 heavy (non-hydrogen) atoms. The topological polar surface area (TPSA) is 48.7 Å². The van der Waals surface area contributed by atoms with Gasteiger partial charge in [-0.05, 0) is 18.1 Å². The van der Waals surface area contributed by atoms with Crippen molar-refractivity contribution in [3.8, 4) is 17.1 Å². The summed E-state index contributed by atoms with van der Waals surface area (Å²) in [7, 11) is 0. The molecule has 0 aliphatic carbocycles. The van der Waals surface area contributed by atoms with Gasteiger partial charge in [-0.25, -0.2) is 4.79 Å². The molecule has 0 aliphatic rings. The van der Waals surface area contributed by atoms with Crippen molar-refractivity contribution in [1.29, 1.82) is 0 Å². The van der Waals surface area contributed by atoms with Crippen molar-refractivity contribution >= 4 is 17.1 Å². The van der Waals surface area contributed by atoms with Gasteiger partial charge in [0.1, 0.15) is 5.58 Å². The van der Waals surface area contributed by atoms with Gasteiger partial charge in [-0.1, -0.05) is 61.9 Å². The van der Waals surface area contributed by atoms with Gasteiger partial charge in [-0.3, -0.25) is 0 Å². The van der Waals surface area contributed by atoms with Crippen molar-refractivity contribution < 1.29 is 18.7 Å². The molecule has 4 heteroatoms. The first-order chi connectivity index (χ1) is 11.3. The molecule has 1 heterocycles. The normalized spacial score (nSPS) is 10.7. The molecule has 1 aromatic heterocycles. The Morgan fingerprint density at radius 3 is 2.57 bits per heavy atom. The van der Waals surface area contributed by atoms with E-state index < -0.39 is 6.16 Å². The fourth-order valence-corrected chi connectivity index (χ4v) is 2.38. The maximum atomic E-state index is 11.8. The van der Waals surface area contributed by atoms with E-state index in [1.807, 2.05) is 61.5 Å². The molecule has 0 saturated carbocycles. The van der Waals surface area contributed by atoms with Crippen LogP contribution in [-0.2, 0) is 4.74 Å². The minimum atomic E-state index is -0.741. The highest BCUT2D eigenvalue weighted by atomic mass is 16.8. The first kappa shape index (κ1) is 15.2. The monoisotopic (exact) mass is 310 g/mol. The number of unbranched alkanes of at least 4 members (excludes halogenated alkanes) is 1. The van der Waals surface area contributed by atoms with Gasteiger partial charge in [-0.15, -0.1) is 0 Å². The second-order valence-electron chi connectivity index (χ2n) is 5.18. The predicted molar refractivity (Wildman–Crippen MR) is 88.5 cm³/mol. The number of hydrogen-bond donors (Lipinski definition) is 0. The molecule has 0 atom stereocenters. The van der Waals surface area contributed by atoms with Crippen LogP contribution in [0.5, 0.6) is 5.95 Å². The number of hydrogen-bond acceptors (Lipinski definition) is 4. The highest BCUT2D eigenvalue weighted by Gasteiger charge is 2.20. The molecule has 0 spiro atoms. The molecular formula is C19H18O4. The molecule has 118 valence electrons. The summed E-state index contributed by atoms with van der Waals surface area (Å²) in [5, 5.41) is 0.898. The van der Waals surface area contributed by atoms with Crippen molar-refractivity contribution in [3.63, 3.8) is 0 Å². The number of ether oxygens (including phenoxy) is 2. The summed E-state index contributed by atoms with van der Waals surface area (Å²) in [6.45, 7) is 2.37. The summed E-state index contributed by atoms with van der Waals surface area (Å²) >= 11 is 0. The predicted octanol–water partition coefficient (Wildman–Crippen LogP) is 5.42. The fraction of sp³-hybridized carbons (Fsp3) is 0.211. The highest BCUT2D eigenvalue weighted by Crippen LogP contribution is 2.40. The van der Waals surface area contributed by atoms with E-state index >= 15 is 0 Å². The van der Waals surface area contributed by atoms with E-state index in [4.69, 9.17) is 13.9 Å². The number of benzene rings is 2. The van der Waals surface area contributed by atoms with E-state index in [0.717, 1.165) is 29.4 Å². The lowest BCUT2D eigenvalue weighted by Crippen LogP contribution is -2.11. The lowest BCUT2D eigenvalue weighted by molar-refractivity contribution is 0.0901. The van der Waals surface area contributed by atoms with Gasteiger partial charge in [-0.2, -0.15) is 0 Å². The Labute approximate surface area is 134 Å². The number of carbonyl (C=O) groups is 1. The zero-order valence-electron chi connectivity index (χ0n) is 13.0. The number of carbonyl (C=O) groups excluding carboxylic acids is 1. The Balaban J connectivity index is 1.95. The van der Waals surface area contributed by atoms with E-state index in [1.165, 1.54) is 0 Å². The smallest absolute Gasteiger partial charge is 0.434 e. The van der Waals surface area contributed by atoms with Crippen LogP contribution in [0.3, 0.4) is 0 Å². The zero-order chi connectivity index (χ0) is 16.1. The van der Waals surface area contributed by atoms with Gasteiger partial charge in [0, 0.05) is 5.39 Å². The molecule has 0 saturated heterocycles. The third-order valence-corrected chi connectivity index (χ3v) is 3.52. The summed E-state index contributed by atoms with van der Waals surface area (Å²) in [5.41, 5.74) is 2.35.